The van der Waals surface area contributed by atoms with Crippen molar-refractivity contribution in [2.24, 2.45) is 0 Å². The summed E-state index contributed by atoms with van der Waals surface area (Å²) in [6, 6.07) is 11.5. The Kier molecular flexibility index (Phi) is 4.90. The third-order valence-electron chi connectivity index (χ3n) is 5.30. The zero-order valence-electron chi connectivity index (χ0n) is 17.6. The van der Waals surface area contributed by atoms with Gasteiger partial charge < -0.3 is 13.9 Å². The van der Waals surface area contributed by atoms with Gasteiger partial charge >= 0.3 is 0 Å². The zero-order chi connectivity index (χ0) is 22.4. The summed E-state index contributed by atoms with van der Waals surface area (Å²) < 4.78 is 17.1. The van der Waals surface area contributed by atoms with E-state index in [0.717, 1.165) is 0 Å². The van der Waals surface area contributed by atoms with Crippen molar-refractivity contribution in [1.82, 2.24) is 10.2 Å². The molecule has 0 saturated heterocycles. The van der Waals surface area contributed by atoms with Gasteiger partial charge in [0.2, 0.25) is 10.9 Å². The molecule has 1 atom stereocenters. The van der Waals surface area contributed by atoms with E-state index in [4.69, 9.17) is 13.9 Å². The van der Waals surface area contributed by atoms with Crippen LogP contribution in [0, 0.1) is 6.92 Å². The van der Waals surface area contributed by atoms with Gasteiger partial charge in [-0.2, -0.15) is 0 Å². The van der Waals surface area contributed by atoms with Gasteiger partial charge in [0.15, 0.2) is 16.9 Å². The smallest absolute Gasteiger partial charge is 0.297 e. The van der Waals surface area contributed by atoms with E-state index >= 15 is 0 Å². The van der Waals surface area contributed by atoms with Crippen molar-refractivity contribution < 1.29 is 18.7 Å². The van der Waals surface area contributed by atoms with Gasteiger partial charge in [0.25, 0.3) is 5.91 Å². The molecule has 0 unspecified atom stereocenters. The summed E-state index contributed by atoms with van der Waals surface area (Å²) in [4.78, 5) is 28.5. The fourth-order valence-corrected chi connectivity index (χ4v) is 4.66. The molecule has 0 N–H and O–H groups in total. The molecule has 2 aromatic heterocycles. The highest BCUT2D eigenvalue weighted by atomic mass is 32.1. The van der Waals surface area contributed by atoms with Crippen LogP contribution in [0.5, 0.6) is 11.5 Å². The van der Waals surface area contributed by atoms with Crippen LogP contribution in [0.4, 0.5) is 5.13 Å². The number of hydrogen-bond acceptors (Lipinski definition) is 8. The Hall–Kier alpha value is -3.72. The maximum atomic E-state index is 13.5. The molecule has 3 heterocycles. The molecule has 0 bridgehead atoms. The first-order valence-electron chi connectivity index (χ1n) is 10.0. The summed E-state index contributed by atoms with van der Waals surface area (Å²) in [5.74, 6) is 0.659. The summed E-state index contributed by atoms with van der Waals surface area (Å²) in [6.07, 6.45) is 0. The molecule has 8 nitrogen and oxygen atoms in total. The minimum atomic E-state index is -0.740. The maximum absolute atomic E-state index is 13.5. The van der Waals surface area contributed by atoms with E-state index < -0.39 is 11.9 Å². The number of aromatic nitrogens is 2. The third kappa shape index (κ3) is 3.04. The molecule has 0 saturated carbocycles. The summed E-state index contributed by atoms with van der Waals surface area (Å²) in [7, 11) is 1.54. The lowest BCUT2D eigenvalue weighted by Crippen LogP contribution is -2.29. The van der Waals surface area contributed by atoms with Crippen LogP contribution >= 0.6 is 11.3 Å². The van der Waals surface area contributed by atoms with Crippen LogP contribution in [-0.4, -0.2) is 29.8 Å². The van der Waals surface area contributed by atoms with E-state index in [0.29, 0.717) is 44.8 Å². The van der Waals surface area contributed by atoms with Crippen molar-refractivity contribution in [3.63, 3.8) is 0 Å². The summed E-state index contributed by atoms with van der Waals surface area (Å²) in [6.45, 7) is 4.17. The normalized spacial score (nSPS) is 15.3. The molecule has 32 heavy (non-hydrogen) atoms. The molecule has 162 valence electrons. The largest absolute Gasteiger partial charge is 0.493 e. The molecule has 4 aromatic rings. The van der Waals surface area contributed by atoms with Crippen LogP contribution in [0.3, 0.4) is 0 Å². The molecular weight excluding hydrogens is 430 g/mol. The number of hydrogen-bond donors (Lipinski definition) is 0. The Morgan fingerprint density at radius 3 is 2.66 bits per heavy atom. The van der Waals surface area contributed by atoms with Gasteiger partial charge in [0.05, 0.1) is 30.7 Å². The van der Waals surface area contributed by atoms with Crippen LogP contribution in [0.25, 0.3) is 11.0 Å². The maximum Gasteiger partial charge on any atom is 0.297 e. The highest BCUT2D eigenvalue weighted by molar-refractivity contribution is 7.15. The Balaban J connectivity index is 1.78. The monoisotopic (exact) mass is 449 g/mol. The number of ether oxygens (including phenoxy) is 2. The van der Waals surface area contributed by atoms with E-state index in [-0.39, 0.29) is 16.8 Å². The molecule has 1 aliphatic rings. The van der Waals surface area contributed by atoms with Crippen molar-refractivity contribution in [3.05, 3.63) is 74.6 Å². The topological polar surface area (TPSA) is 94.8 Å². The van der Waals surface area contributed by atoms with Gasteiger partial charge in [-0.3, -0.25) is 14.5 Å². The van der Waals surface area contributed by atoms with Gasteiger partial charge in [-0.15, -0.1) is 10.2 Å². The molecule has 5 rings (SSSR count). The molecule has 0 aliphatic carbocycles. The van der Waals surface area contributed by atoms with E-state index in [1.54, 1.807) is 43.5 Å². The number of benzene rings is 2. The van der Waals surface area contributed by atoms with Gasteiger partial charge in [0.1, 0.15) is 10.6 Å². The molecule has 0 spiro atoms. The summed E-state index contributed by atoms with van der Waals surface area (Å²) in [5.41, 5.74) is 1.06. The average Bonchev–Trinajstić information content (AvgIpc) is 3.35. The number of aryl methyl sites for hydroxylation is 1. The highest BCUT2D eigenvalue weighted by Gasteiger charge is 2.45. The van der Waals surface area contributed by atoms with Crippen LogP contribution in [0.1, 0.15) is 39.7 Å². The lowest BCUT2D eigenvalue weighted by atomic mass is 9.98. The summed E-state index contributed by atoms with van der Waals surface area (Å²) >= 11 is 1.27. The number of para-hydroxylation sites is 1. The highest BCUT2D eigenvalue weighted by Crippen LogP contribution is 2.43. The lowest BCUT2D eigenvalue weighted by Gasteiger charge is -2.23. The molecule has 0 fully saturated rings. The number of nitrogens with zero attached hydrogens (tertiary/aromatic N) is 3. The van der Waals surface area contributed by atoms with E-state index in [9.17, 15) is 9.59 Å². The molecular formula is C23H19N3O5S. The Labute approximate surface area is 187 Å². The molecule has 2 aromatic carbocycles. The summed E-state index contributed by atoms with van der Waals surface area (Å²) in [5, 5.41) is 9.74. The molecule has 0 radical (unpaired) electrons. The fourth-order valence-electron chi connectivity index (χ4n) is 3.94. The number of carbonyl (C=O) groups is 1. The Morgan fingerprint density at radius 1 is 1.12 bits per heavy atom. The number of rotatable bonds is 5. The zero-order valence-corrected chi connectivity index (χ0v) is 18.4. The molecule has 1 amide bonds. The first-order chi connectivity index (χ1) is 15.5. The van der Waals surface area contributed by atoms with E-state index in [1.807, 2.05) is 19.9 Å². The van der Waals surface area contributed by atoms with Crippen molar-refractivity contribution in [1.29, 1.82) is 0 Å². The van der Waals surface area contributed by atoms with Crippen molar-refractivity contribution in [3.8, 4) is 11.5 Å². The van der Waals surface area contributed by atoms with Crippen molar-refractivity contribution >= 4 is 33.3 Å². The standard InChI is InChI=1S/C23H19N3O5S/c1-4-30-16-10-9-13(11-17(16)29-3)19-18-20(27)14-7-5-6-8-15(14)31-21(18)22(28)26(19)23-25-24-12(2)32-23/h5-11,19H,4H2,1-3H3/t19-/m0/s1. The predicted molar refractivity (Wildman–Crippen MR) is 120 cm³/mol. The predicted octanol–water partition coefficient (Wildman–Crippen LogP) is 4.11. The third-order valence-corrected chi connectivity index (χ3v) is 6.14. The quantitative estimate of drug-likeness (QED) is 0.452. The van der Waals surface area contributed by atoms with Crippen LogP contribution in [-0.2, 0) is 0 Å². The number of carbonyl (C=O) groups excluding carboxylic acids is 1. The number of amides is 1. The fraction of sp³-hybridized carbons (Fsp3) is 0.217. The first kappa shape index (κ1) is 20.2. The van der Waals surface area contributed by atoms with Crippen molar-refractivity contribution in [2.75, 3.05) is 18.6 Å². The van der Waals surface area contributed by atoms with Gasteiger partial charge in [-0.1, -0.05) is 29.5 Å². The van der Waals surface area contributed by atoms with Crippen LogP contribution < -0.4 is 19.8 Å². The minimum absolute atomic E-state index is 0.0133. The Morgan fingerprint density at radius 2 is 1.94 bits per heavy atom. The van der Waals surface area contributed by atoms with E-state index in [2.05, 4.69) is 10.2 Å². The first-order valence-corrected chi connectivity index (χ1v) is 10.8. The number of anilines is 1. The number of fused-ring (bicyclic) bond motifs is 2. The second-order valence-electron chi connectivity index (χ2n) is 7.19. The lowest BCUT2D eigenvalue weighted by molar-refractivity contribution is 0.0970. The van der Waals surface area contributed by atoms with Gasteiger partial charge in [-0.05, 0) is 43.7 Å². The van der Waals surface area contributed by atoms with Crippen LogP contribution in [0.2, 0.25) is 0 Å². The minimum Gasteiger partial charge on any atom is -0.493 e. The van der Waals surface area contributed by atoms with E-state index in [1.165, 1.54) is 16.2 Å². The average molecular weight is 449 g/mol. The number of methoxy groups -OCH3 is 1. The van der Waals surface area contributed by atoms with Crippen molar-refractivity contribution in [2.45, 2.75) is 19.9 Å². The van der Waals surface area contributed by atoms with Gasteiger partial charge in [-0.25, -0.2) is 0 Å². The Bertz CT molecular complexity index is 1410. The molecule has 9 heteroatoms. The van der Waals surface area contributed by atoms with Gasteiger partial charge in [0, 0.05) is 0 Å². The SMILES string of the molecule is CCOc1ccc([C@H]2c3c(oc4ccccc4c3=O)C(=O)N2c2nnc(C)s2)cc1OC. The van der Waals surface area contributed by atoms with Crippen LogP contribution in [0.15, 0.2) is 51.7 Å². The second-order valence-corrected chi connectivity index (χ2v) is 8.35. The molecule has 1 aliphatic heterocycles. The second kappa shape index (κ2) is 7.76.